The summed E-state index contributed by atoms with van der Waals surface area (Å²) in [6.45, 7) is 4.03. The Kier molecular flexibility index (Phi) is 7.09. The van der Waals surface area contributed by atoms with Crippen LogP contribution in [0, 0.1) is 5.82 Å². The third-order valence-electron chi connectivity index (χ3n) is 5.45. The van der Waals surface area contributed by atoms with Gasteiger partial charge in [-0.15, -0.1) is 5.10 Å². The second-order valence-electron chi connectivity index (χ2n) is 7.73. The van der Waals surface area contributed by atoms with E-state index in [0.717, 1.165) is 11.3 Å². The SMILES string of the molecule is CC1CN(C(CNC(=O)Cc2ccc(-n3cnnn3)cc2)c2c(F)cccc2Cl)CCO1. The normalized spacial score (nSPS) is 17.8. The van der Waals surface area contributed by atoms with Crippen molar-refractivity contribution >= 4 is 17.5 Å². The lowest BCUT2D eigenvalue weighted by Crippen LogP contribution is -2.47. The molecule has 1 N–H and O–H groups in total. The fourth-order valence-electron chi connectivity index (χ4n) is 3.88. The van der Waals surface area contributed by atoms with Crippen LogP contribution in [-0.2, 0) is 16.0 Å². The molecule has 1 saturated heterocycles. The summed E-state index contributed by atoms with van der Waals surface area (Å²) in [5, 5.41) is 14.4. The molecule has 0 saturated carbocycles. The van der Waals surface area contributed by atoms with Crippen LogP contribution in [0.15, 0.2) is 48.8 Å². The number of morpholine rings is 1. The number of carbonyl (C=O) groups excluding carboxylic acids is 1. The molecule has 2 unspecified atom stereocenters. The number of halogens is 2. The zero-order chi connectivity index (χ0) is 22.5. The van der Waals surface area contributed by atoms with Gasteiger partial charge in [0.1, 0.15) is 12.1 Å². The largest absolute Gasteiger partial charge is 0.376 e. The highest BCUT2D eigenvalue weighted by molar-refractivity contribution is 6.31. The molecule has 1 fully saturated rings. The summed E-state index contributed by atoms with van der Waals surface area (Å²) >= 11 is 6.36. The summed E-state index contributed by atoms with van der Waals surface area (Å²) in [5.41, 5.74) is 2.05. The fraction of sp³-hybridized carbons (Fsp3) is 0.364. The monoisotopic (exact) mass is 458 g/mol. The molecule has 1 aromatic heterocycles. The minimum Gasteiger partial charge on any atom is -0.376 e. The maximum Gasteiger partial charge on any atom is 0.224 e. The number of carbonyl (C=O) groups is 1. The molecule has 168 valence electrons. The van der Waals surface area contributed by atoms with Gasteiger partial charge in [0.2, 0.25) is 5.91 Å². The number of rotatable bonds is 7. The van der Waals surface area contributed by atoms with Crippen molar-refractivity contribution in [2.45, 2.75) is 25.5 Å². The summed E-state index contributed by atoms with van der Waals surface area (Å²) in [6.07, 6.45) is 1.72. The third-order valence-corrected chi connectivity index (χ3v) is 5.78. The predicted molar refractivity (Wildman–Crippen MR) is 117 cm³/mol. The molecule has 3 aromatic rings. The number of hydrogen-bond acceptors (Lipinski definition) is 6. The van der Waals surface area contributed by atoms with Crippen LogP contribution in [0.1, 0.15) is 24.1 Å². The Hall–Kier alpha value is -2.88. The average molecular weight is 459 g/mol. The Morgan fingerprint density at radius 2 is 2.12 bits per heavy atom. The Labute approximate surface area is 190 Å². The first-order valence-corrected chi connectivity index (χ1v) is 10.8. The molecule has 2 atom stereocenters. The van der Waals surface area contributed by atoms with E-state index < -0.39 is 0 Å². The van der Waals surface area contributed by atoms with Crippen LogP contribution in [0.3, 0.4) is 0 Å². The van der Waals surface area contributed by atoms with Gasteiger partial charge in [-0.05, 0) is 47.2 Å². The predicted octanol–water partition coefficient (Wildman–Crippen LogP) is 2.58. The van der Waals surface area contributed by atoms with E-state index in [1.54, 1.807) is 12.1 Å². The molecule has 2 aromatic carbocycles. The molecule has 1 amide bonds. The maximum absolute atomic E-state index is 14.7. The van der Waals surface area contributed by atoms with Gasteiger partial charge >= 0.3 is 0 Å². The number of hydrogen-bond donors (Lipinski definition) is 1. The van der Waals surface area contributed by atoms with Crippen molar-refractivity contribution in [2.75, 3.05) is 26.2 Å². The highest BCUT2D eigenvalue weighted by Gasteiger charge is 2.29. The van der Waals surface area contributed by atoms with E-state index in [1.807, 2.05) is 31.2 Å². The Bertz CT molecular complexity index is 1030. The molecule has 0 aliphatic carbocycles. The molecular formula is C22H24ClFN6O2. The number of benzene rings is 2. The van der Waals surface area contributed by atoms with Crippen molar-refractivity contribution < 1.29 is 13.9 Å². The first-order chi connectivity index (χ1) is 15.5. The molecule has 1 aliphatic heterocycles. The Balaban J connectivity index is 1.44. The first kappa shape index (κ1) is 22.3. The van der Waals surface area contributed by atoms with E-state index in [9.17, 15) is 9.18 Å². The van der Waals surface area contributed by atoms with Crippen molar-refractivity contribution in [2.24, 2.45) is 0 Å². The summed E-state index contributed by atoms with van der Waals surface area (Å²) in [6, 6.07) is 11.7. The van der Waals surface area contributed by atoms with E-state index in [1.165, 1.54) is 17.1 Å². The van der Waals surface area contributed by atoms with Crippen molar-refractivity contribution in [1.82, 2.24) is 30.4 Å². The van der Waals surface area contributed by atoms with Gasteiger partial charge in [-0.1, -0.05) is 29.8 Å². The van der Waals surface area contributed by atoms with Gasteiger partial charge in [-0.2, -0.15) is 0 Å². The molecule has 10 heteroatoms. The second kappa shape index (κ2) is 10.2. The van der Waals surface area contributed by atoms with Gasteiger partial charge in [0.15, 0.2) is 0 Å². The molecule has 32 heavy (non-hydrogen) atoms. The molecular weight excluding hydrogens is 435 g/mol. The van der Waals surface area contributed by atoms with Gasteiger partial charge in [-0.25, -0.2) is 9.07 Å². The van der Waals surface area contributed by atoms with E-state index in [4.69, 9.17) is 16.3 Å². The van der Waals surface area contributed by atoms with Crippen molar-refractivity contribution in [3.05, 3.63) is 70.8 Å². The van der Waals surface area contributed by atoms with E-state index in [0.29, 0.717) is 30.3 Å². The number of nitrogens with zero attached hydrogens (tertiary/aromatic N) is 5. The number of amides is 1. The van der Waals surface area contributed by atoms with Crippen molar-refractivity contribution in [3.63, 3.8) is 0 Å². The standard InChI is InChI=1S/C22H24ClFN6O2/c1-15-13-29(9-10-32-15)20(22-18(23)3-2-4-19(22)24)12-25-21(31)11-16-5-7-17(8-6-16)30-14-26-27-28-30/h2-8,14-15,20H,9-13H2,1H3,(H,25,31). The second-order valence-corrected chi connectivity index (χ2v) is 8.14. The van der Waals surface area contributed by atoms with Crippen LogP contribution in [0.4, 0.5) is 4.39 Å². The zero-order valence-corrected chi connectivity index (χ0v) is 18.4. The van der Waals surface area contributed by atoms with Gasteiger partial charge in [0.25, 0.3) is 0 Å². The number of aromatic nitrogens is 4. The quantitative estimate of drug-likeness (QED) is 0.585. The van der Waals surface area contributed by atoms with Gasteiger partial charge in [0, 0.05) is 30.2 Å². The van der Waals surface area contributed by atoms with Gasteiger partial charge in [0.05, 0.1) is 30.9 Å². The molecule has 2 heterocycles. The zero-order valence-electron chi connectivity index (χ0n) is 17.6. The van der Waals surface area contributed by atoms with E-state index in [2.05, 4.69) is 25.7 Å². The maximum atomic E-state index is 14.7. The molecule has 0 radical (unpaired) electrons. The van der Waals surface area contributed by atoms with Gasteiger partial charge in [-0.3, -0.25) is 9.69 Å². The number of nitrogens with one attached hydrogen (secondary N) is 1. The van der Waals surface area contributed by atoms with Crippen LogP contribution < -0.4 is 5.32 Å². The molecule has 8 nitrogen and oxygen atoms in total. The average Bonchev–Trinajstić information content (AvgIpc) is 3.31. The number of ether oxygens (including phenoxy) is 1. The lowest BCUT2D eigenvalue weighted by Gasteiger charge is -2.38. The van der Waals surface area contributed by atoms with E-state index >= 15 is 0 Å². The molecule has 0 spiro atoms. The minimum atomic E-state index is -0.388. The van der Waals surface area contributed by atoms with Crippen LogP contribution in [-0.4, -0.2) is 63.4 Å². The highest BCUT2D eigenvalue weighted by atomic mass is 35.5. The summed E-state index contributed by atoms with van der Waals surface area (Å²) in [4.78, 5) is 14.8. The Morgan fingerprint density at radius 1 is 1.31 bits per heavy atom. The van der Waals surface area contributed by atoms with Crippen LogP contribution >= 0.6 is 11.6 Å². The summed E-state index contributed by atoms with van der Waals surface area (Å²) < 4.78 is 21.9. The van der Waals surface area contributed by atoms with Crippen molar-refractivity contribution in [3.8, 4) is 5.69 Å². The fourth-order valence-corrected chi connectivity index (χ4v) is 4.16. The topological polar surface area (TPSA) is 85.2 Å². The highest BCUT2D eigenvalue weighted by Crippen LogP contribution is 2.31. The third kappa shape index (κ3) is 5.29. The molecule has 0 bridgehead atoms. The van der Waals surface area contributed by atoms with Gasteiger partial charge < -0.3 is 10.1 Å². The van der Waals surface area contributed by atoms with Crippen molar-refractivity contribution in [1.29, 1.82) is 0 Å². The van der Waals surface area contributed by atoms with Crippen LogP contribution in [0.25, 0.3) is 5.69 Å². The lowest BCUT2D eigenvalue weighted by atomic mass is 10.0. The Morgan fingerprint density at radius 3 is 2.81 bits per heavy atom. The summed E-state index contributed by atoms with van der Waals surface area (Å²) in [5.74, 6) is -0.534. The first-order valence-electron chi connectivity index (χ1n) is 10.4. The minimum absolute atomic E-state index is 0.0196. The molecule has 4 rings (SSSR count). The van der Waals surface area contributed by atoms with Crippen LogP contribution in [0.5, 0.6) is 0 Å². The van der Waals surface area contributed by atoms with E-state index in [-0.39, 0.29) is 36.8 Å². The smallest absolute Gasteiger partial charge is 0.224 e. The van der Waals surface area contributed by atoms with Crippen LogP contribution in [0.2, 0.25) is 5.02 Å². The summed E-state index contributed by atoms with van der Waals surface area (Å²) in [7, 11) is 0. The lowest BCUT2D eigenvalue weighted by molar-refractivity contribution is -0.120. The number of tetrazole rings is 1. The molecule has 1 aliphatic rings.